The van der Waals surface area contributed by atoms with E-state index in [1.165, 1.54) is 94.1 Å². The van der Waals surface area contributed by atoms with Crippen molar-refractivity contribution in [3.8, 4) is 27.9 Å². The van der Waals surface area contributed by atoms with Crippen LogP contribution in [-0.4, -0.2) is 4.57 Å². The van der Waals surface area contributed by atoms with E-state index < -0.39 is 0 Å². The molecule has 2 nitrogen and oxygen atoms in total. The first-order chi connectivity index (χ1) is 28.1. The third kappa shape index (κ3) is 5.89. The van der Waals surface area contributed by atoms with E-state index in [1.807, 2.05) is 45.0 Å². The zero-order chi connectivity index (χ0) is 39.0. The van der Waals surface area contributed by atoms with Crippen LogP contribution in [0, 0.1) is 13.8 Å². The van der Waals surface area contributed by atoms with Crippen molar-refractivity contribution in [3.05, 3.63) is 215 Å². The number of hydrogen-bond donors (Lipinski definition) is 0. The van der Waals surface area contributed by atoms with Crippen molar-refractivity contribution in [1.29, 1.82) is 0 Å². The molecule has 2 heteroatoms. The normalized spacial score (nSPS) is 12.2. The van der Waals surface area contributed by atoms with Crippen molar-refractivity contribution < 1.29 is 4.42 Å². The van der Waals surface area contributed by atoms with Crippen molar-refractivity contribution in [2.75, 3.05) is 0 Å². The molecule has 7 aromatic carbocycles. The lowest BCUT2D eigenvalue weighted by Gasteiger charge is -2.18. The Labute approximate surface area is 335 Å². The number of allylic oxidation sites excluding steroid dienone is 2. The molecule has 0 radical (unpaired) electrons. The van der Waals surface area contributed by atoms with E-state index in [0.29, 0.717) is 0 Å². The summed E-state index contributed by atoms with van der Waals surface area (Å²) in [5.74, 6) is 0.979. The first-order valence-electron chi connectivity index (χ1n) is 20.2. The Hall–Kier alpha value is -6.86. The van der Waals surface area contributed by atoms with Crippen LogP contribution >= 0.6 is 0 Å². The highest BCUT2D eigenvalue weighted by Crippen LogP contribution is 2.49. The zero-order valence-electron chi connectivity index (χ0n) is 33.2. The molecule has 2 aliphatic carbocycles. The molecule has 11 rings (SSSR count). The summed E-state index contributed by atoms with van der Waals surface area (Å²) in [4.78, 5) is 0. The van der Waals surface area contributed by atoms with Gasteiger partial charge in [0.1, 0.15) is 11.3 Å². The van der Waals surface area contributed by atoms with Gasteiger partial charge in [0.2, 0.25) is 0 Å². The van der Waals surface area contributed by atoms with Gasteiger partial charge in [-0.2, -0.15) is 0 Å². The molecule has 0 unspecified atom stereocenters. The van der Waals surface area contributed by atoms with Crippen LogP contribution in [0.2, 0.25) is 0 Å². The lowest BCUT2D eigenvalue weighted by molar-refractivity contribution is 0.580. The highest BCUT2D eigenvalue weighted by Gasteiger charge is 2.28. The van der Waals surface area contributed by atoms with E-state index in [1.54, 1.807) is 0 Å². The van der Waals surface area contributed by atoms with Gasteiger partial charge in [-0.15, -0.1) is 5.73 Å². The molecule has 0 aliphatic heterocycles. The Morgan fingerprint density at radius 2 is 1.16 bits per heavy atom. The van der Waals surface area contributed by atoms with Crippen molar-refractivity contribution in [1.82, 2.24) is 4.57 Å². The van der Waals surface area contributed by atoms with E-state index >= 15 is 0 Å². The molecule has 0 saturated carbocycles. The molecule has 2 aromatic heterocycles. The fourth-order valence-electron chi connectivity index (χ4n) is 9.03. The SMILES string of the molecule is CC.CCc1c(C)c2ccccc2n1-c1ccc(C2=C=CC=C3c4ccccc4-c4cccc2c43)c2ccccc12.Cc1oc2ccccc2c1-c1ccccc1. The number of furan rings is 1. The minimum Gasteiger partial charge on any atom is -0.461 e. The molecule has 0 N–H and O–H groups in total. The molecule has 0 atom stereocenters. The highest BCUT2D eigenvalue weighted by atomic mass is 16.3. The molecule has 276 valence electrons. The minimum absolute atomic E-state index is 0.957. The average Bonchev–Trinajstić information content (AvgIpc) is 3.83. The van der Waals surface area contributed by atoms with Gasteiger partial charge in [-0.05, 0) is 106 Å². The molecule has 0 bridgehead atoms. The molecule has 0 amide bonds. The summed E-state index contributed by atoms with van der Waals surface area (Å²) >= 11 is 0. The Bertz CT molecular complexity index is 3070. The molecule has 0 fully saturated rings. The van der Waals surface area contributed by atoms with Crippen molar-refractivity contribution >= 4 is 43.8 Å². The lowest BCUT2D eigenvalue weighted by atomic mass is 9.88. The molecular formula is C55H45NO. The van der Waals surface area contributed by atoms with Gasteiger partial charge in [0.25, 0.3) is 0 Å². The van der Waals surface area contributed by atoms with Crippen LogP contribution < -0.4 is 0 Å². The molecule has 2 heterocycles. The first-order valence-corrected chi connectivity index (χ1v) is 20.2. The van der Waals surface area contributed by atoms with Crippen LogP contribution in [0.4, 0.5) is 0 Å². The zero-order valence-corrected chi connectivity index (χ0v) is 33.2. The third-order valence-electron chi connectivity index (χ3n) is 11.4. The van der Waals surface area contributed by atoms with Crippen molar-refractivity contribution in [2.24, 2.45) is 0 Å². The average molecular weight is 736 g/mol. The fourth-order valence-corrected chi connectivity index (χ4v) is 9.03. The second-order valence-corrected chi connectivity index (χ2v) is 14.4. The second-order valence-electron chi connectivity index (χ2n) is 14.4. The maximum atomic E-state index is 5.75. The summed E-state index contributed by atoms with van der Waals surface area (Å²) in [7, 11) is 0. The topological polar surface area (TPSA) is 18.1 Å². The van der Waals surface area contributed by atoms with Gasteiger partial charge in [-0.3, -0.25) is 0 Å². The molecule has 0 spiro atoms. The number of aromatic nitrogens is 1. The number of fused-ring (bicyclic) bond motifs is 6. The second kappa shape index (κ2) is 15.0. The highest BCUT2D eigenvalue weighted by molar-refractivity contribution is 6.10. The summed E-state index contributed by atoms with van der Waals surface area (Å²) in [6.07, 6.45) is 5.33. The van der Waals surface area contributed by atoms with E-state index in [2.05, 4.69) is 170 Å². The standard InChI is InChI=1S/C38H27N.C15H12O.C2H6/c1-3-35-24(2)25-12-8-9-21-36(25)39(35)37-23-22-30(26-13-6-7-16-31(26)37)29-17-10-18-32-27-14-4-5-15-28(27)33-19-11-20-34(29)38(32)33;1-11-15(12-7-3-2-4-8-12)13-9-5-6-10-14(13)16-11;1-2/h4-16,18-23H,3H2,1-2H3;2-10H,1H3;1-2H3. The van der Waals surface area contributed by atoms with Crippen LogP contribution in [0.15, 0.2) is 180 Å². The predicted octanol–water partition coefficient (Wildman–Crippen LogP) is 15.1. The van der Waals surface area contributed by atoms with E-state index in [4.69, 9.17) is 4.42 Å². The van der Waals surface area contributed by atoms with Crippen molar-refractivity contribution in [3.63, 3.8) is 0 Å². The van der Waals surface area contributed by atoms with Gasteiger partial charge in [0.15, 0.2) is 0 Å². The molecule has 9 aromatic rings. The van der Waals surface area contributed by atoms with Gasteiger partial charge in [-0.1, -0.05) is 160 Å². The van der Waals surface area contributed by atoms with Gasteiger partial charge >= 0.3 is 0 Å². The van der Waals surface area contributed by atoms with Crippen LogP contribution in [0.25, 0.3) is 71.7 Å². The maximum Gasteiger partial charge on any atom is 0.134 e. The molecule has 2 aliphatic rings. The number of nitrogens with zero attached hydrogens (tertiary/aromatic N) is 1. The van der Waals surface area contributed by atoms with Crippen LogP contribution in [0.1, 0.15) is 60.0 Å². The minimum atomic E-state index is 0.957. The quantitative estimate of drug-likeness (QED) is 0.165. The molecule has 0 saturated heterocycles. The van der Waals surface area contributed by atoms with Gasteiger partial charge < -0.3 is 8.98 Å². The predicted molar refractivity (Wildman–Crippen MR) is 242 cm³/mol. The maximum absolute atomic E-state index is 5.75. The fraction of sp³-hybridized carbons (Fsp3) is 0.109. The monoisotopic (exact) mass is 735 g/mol. The van der Waals surface area contributed by atoms with E-state index in [9.17, 15) is 0 Å². The van der Waals surface area contributed by atoms with Gasteiger partial charge in [-0.25, -0.2) is 0 Å². The number of aryl methyl sites for hydroxylation is 2. The first kappa shape index (κ1) is 35.8. The Kier molecular flexibility index (Phi) is 9.42. The smallest absolute Gasteiger partial charge is 0.134 e. The summed E-state index contributed by atoms with van der Waals surface area (Å²) < 4.78 is 8.23. The number of hydrogen-bond acceptors (Lipinski definition) is 1. The van der Waals surface area contributed by atoms with Crippen LogP contribution in [0.3, 0.4) is 0 Å². The van der Waals surface area contributed by atoms with Gasteiger partial charge in [0, 0.05) is 33.0 Å². The third-order valence-corrected chi connectivity index (χ3v) is 11.4. The Morgan fingerprint density at radius 3 is 1.95 bits per heavy atom. The number of rotatable bonds is 4. The Morgan fingerprint density at radius 1 is 0.526 bits per heavy atom. The van der Waals surface area contributed by atoms with Crippen LogP contribution in [0.5, 0.6) is 0 Å². The Balaban J connectivity index is 0.000000196. The largest absolute Gasteiger partial charge is 0.461 e. The summed E-state index contributed by atoms with van der Waals surface area (Å²) in [6, 6.07) is 56.3. The number of benzene rings is 7. The summed E-state index contributed by atoms with van der Waals surface area (Å²) in [6.45, 7) is 10.5. The molecular weight excluding hydrogens is 691 g/mol. The van der Waals surface area contributed by atoms with Crippen molar-refractivity contribution in [2.45, 2.75) is 41.0 Å². The van der Waals surface area contributed by atoms with Crippen LogP contribution in [-0.2, 0) is 6.42 Å². The molecule has 57 heavy (non-hydrogen) atoms. The van der Waals surface area contributed by atoms with E-state index in [-0.39, 0.29) is 0 Å². The van der Waals surface area contributed by atoms with E-state index in [0.717, 1.165) is 23.3 Å². The summed E-state index contributed by atoms with van der Waals surface area (Å²) in [5.41, 5.74) is 22.5. The number of para-hydroxylation sites is 2. The lowest BCUT2D eigenvalue weighted by Crippen LogP contribution is -2.02. The summed E-state index contributed by atoms with van der Waals surface area (Å²) in [5, 5.41) is 5.02. The van der Waals surface area contributed by atoms with Gasteiger partial charge in [0.05, 0.1) is 11.2 Å².